The van der Waals surface area contributed by atoms with Crippen LogP contribution in [0.15, 0.2) is 121 Å². The molecule has 2 aliphatic heterocycles. The molecule has 0 atom stereocenters. The fourth-order valence-corrected chi connectivity index (χ4v) is 3.13. The highest BCUT2D eigenvalue weighted by Crippen LogP contribution is 2.25. The molecule has 0 unspecified atom stereocenters. The van der Waals surface area contributed by atoms with E-state index in [9.17, 15) is 11.0 Å². The van der Waals surface area contributed by atoms with Crippen LogP contribution in [0.4, 0.5) is 11.4 Å². The van der Waals surface area contributed by atoms with E-state index in [1.54, 1.807) is 0 Å². The molecule has 7 heteroatoms. The number of piperidine rings is 2. The van der Waals surface area contributed by atoms with Gasteiger partial charge >= 0.3 is 0 Å². The predicted octanol–water partition coefficient (Wildman–Crippen LogP) is 8.79. The van der Waals surface area contributed by atoms with Gasteiger partial charge in [0, 0.05) is 108 Å². The van der Waals surface area contributed by atoms with E-state index in [1.807, 2.05) is 0 Å². The van der Waals surface area contributed by atoms with Gasteiger partial charge in [0.05, 0.1) is 30.2 Å². The van der Waals surface area contributed by atoms with Crippen LogP contribution >= 0.6 is 11.6 Å². The van der Waals surface area contributed by atoms with Crippen molar-refractivity contribution >= 4 is 34.8 Å². The van der Waals surface area contributed by atoms with Gasteiger partial charge in [0.25, 0.3) is 0 Å². The van der Waals surface area contributed by atoms with Crippen LogP contribution in [0.3, 0.4) is 0 Å². The maximum atomic E-state index is 14.0. The molecule has 0 spiro atoms. The molecule has 6 rings (SSSR count). The lowest BCUT2D eigenvalue weighted by Crippen LogP contribution is -2.47. The van der Waals surface area contributed by atoms with Crippen LogP contribution in [-0.2, 0) is 22.3 Å². The summed E-state index contributed by atoms with van der Waals surface area (Å²) >= 11 is 5.27. The Balaban J connectivity index is 0.000000383. The van der Waals surface area contributed by atoms with Gasteiger partial charge in [-0.1, -0.05) is 110 Å². The summed E-state index contributed by atoms with van der Waals surface area (Å²) in [6.07, 6.45) is -33.4. The molecule has 0 aliphatic carbocycles. The summed E-state index contributed by atoms with van der Waals surface area (Å²) in [4.78, 5) is 24.7. The number of alkyl halides is 1. The fraction of sp³-hybridized carbons (Fsp3) is 0.409. The summed E-state index contributed by atoms with van der Waals surface area (Å²) in [5, 5.41) is 1.40. The number of nitrogens with zero attached hydrogens (tertiary/aromatic N) is 3. The Morgan fingerprint density at radius 3 is 1.57 bits per heavy atom. The predicted molar refractivity (Wildman–Crippen MR) is 215 cm³/mol. The van der Waals surface area contributed by atoms with Gasteiger partial charge in [-0.2, -0.15) is 0 Å². The van der Waals surface area contributed by atoms with E-state index in [1.165, 1.54) is 5.32 Å². The van der Waals surface area contributed by atoms with Crippen molar-refractivity contribution in [3.05, 3.63) is 132 Å². The van der Waals surface area contributed by atoms with Gasteiger partial charge in [-0.05, 0) is 86.5 Å². The van der Waals surface area contributed by atoms with Crippen molar-refractivity contribution in [3.8, 4) is 0 Å². The van der Waals surface area contributed by atoms with Crippen molar-refractivity contribution in [1.29, 1.82) is 0 Å². The van der Waals surface area contributed by atoms with Crippen molar-refractivity contribution in [2.75, 3.05) is 48.1 Å². The summed E-state index contributed by atoms with van der Waals surface area (Å²) in [5.74, 6) is -8.16. The Bertz CT molecular complexity index is 4060. The van der Waals surface area contributed by atoms with Crippen LogP contribution in [0.5, 0.6) is 0 Å². The van der Waals surface area contributed by atoms with Crippen LogP contribution in [0.2, 0.25) is 0 Å². The van der Waals surface area contributed by atoms with Crippen molar-refractivity contribution in [1.82, 2.24) is 10.2 Å². The van der Waals surface area contributed by atoms with Gasteiger partial charge < -0.3 is 20.0 Å². The SMILES string of the molecule is [2H]c1c([2H])c([2H])c(C([2H])([2H])C([2H])([2H])Cl)c([2H])c1[2H].[2H]c1c([2H])c([2H])c(N(C(=O)C([2H])([2H])C([2H])([2H])[2H])C2([2H])C([2H])([2H])C([2H])([2H])N(C([2H])([2H])C([2H])([2H])c3c([2H])c([2H])c([2H])c([2H])c3[2H])C([2H])([2H])C2([2H])[2H])c([2H])c1[2H].[2H]c1c([2H])c([2H])c(N(C(=O)C([2H])([2H])C([2H])([2H])[2H])C2([2H])C([2H])([2H])C([2H])([2H])NC([2H])([2H])C2([2H])[2H])c([2H])c1[2H]. The lowest BCUT2D eigenvalue weighted by Gasteiger charge is -2.38. The maximum Gasteiger partial charge on any atom is 0.226 e. The molecule has 0 saturated carbocycles. The molecular weight excluding hydrogens is 652 g/mol. The standard InChI is InChI=1S/C22H28N2O.C14H20N2O.C8H9Cl/c1-2-22(25)24(20-11-7-4-8-12-20)21-14-17-23(18-15-21)16-13-19-9-5-3-6-10-19;1-2-14(17)16(12-6-4-3-5-7-12)13-8-10-15-11-9-13;9-7-6-8-4-2-1-3-5-8/h3-12,21H,2,13-18H2,1H3;3-7,13,15H,2,8-11H2,1H3;1-5H,6-7H2/i1D3,2D2,3D,4D,5D,6D,7D,8D,9D,10D,11D,12D,13D2,14D2,15D2,16D2,17D2,18D2,21D;1D3,2D2,3D,4D,5D,6D,7D,8D2,9D2,10D2,11D2,13D;1D,2D,3D,4D,5D,6D2,7D2. The molecule has 2 saturated heterocycles. The molecule has 0 bridgehead atoms. The summed E-state index contributed by atoms with van der Waals surface area (Å²) in [7, 11) is 0. The molecule has 272 valence electrons. The van der Waals surface area contributed by atoms with Crippen LogP contribution in [0, 0.1) is 0 Å². The monoisotopic (exact) mass is 765 g/mol. The molecule has 2 fully saturated rings. The molecule has 4 aromatic rings. The normalized spacial score (nSPS) is 42.3. The van der Waals surface area contributed by atoms with Gasteiger partial charge in [0.15, 0.2) is 0 Å². The lowest BCUT2D eigenvalue weighted by molar-refractivity contribution is -0.119. The second kappa shape index (κ2) is 22.8. The summed E-state index contributed by atoms with van der Waals surface area (Å²) in [6.45, 7) is -29.5. The first-order chi connectivity index (χ1) is 46.8. The number of anilines is 2. The first kappa shape index (κ1) is 8.86. The van der Waals surface area contributed by atoms with Crippen LogP contribution in [-0.4, -0.2) is 67.1 Å². The first-order valence-electron chi connectivity index (χ1n) is 41.1. The highest BCUT2D eigenvalue weighted by molar-refractivity contribution is 6.18. The van der Waals surface area contributed by atoms with Crippen molar-refractivity contribution in [2.24, 2.45) is 0 Å². The van der Waals surface area contributed by atoms with Gasteiger partial charge in [-0.3, -0.25) is 9.59 Å². The second-order valence-corrected chi connectivity index (χ2v) is 8.25. The summed E-state index contributed by atoms with van der Waals surface area (Å²) in [6, 6.07) is -33.0. The largest absolute Gasteiger partial charge is 0.317 e. The number of nitrogens with one attached hydrogen (secondary N) is 1. The Labute approximate surface area is 390 Å². The van der Waals surface area contributed by atoms with E-state index < -0.39 is 285 Å². The Morgan fingerprint density at radius 1 is 0.725 bits per heavy atom. The minimum Gasteiger partial charge on any atom is -0.317 e. The number of amides is 2. The van der Waals surface area contributed by atoms with E-state index >= 15 is 0 Å². The molecule has 0 radical (unpaired) electrons. The number of likely N-dealkylation sites (tertiary alicyclic amines) is 1. The number of para-hydroxylation sites is 2. The van der Waals surface area contributed by atoms with E-state index in [0.717, 1.165) is 0 Å². The van der Waals surface area contributed by atoms with Gasteiger partial charge in [0.1, 0.15) is 0 Å². The Hall–Kier alpha value is -3.97. The topological polar surface area (TPSA) is 55.9 Å². The number of halogens is 1. The van der Waals surface area contributed by atoms with E-state index in [0.29, 0.717) is 0 Å². The van der Waals surface area contributed by atoms with Crippen molar-refractivity contribution < 1.29 is 86.4 Å². The maximum absolute atomic E-state index is 14.0. The number of carbonyl (C=O) groups is 2. The van der Waals surface area contributed by atoms with Crippen molar-refractivity contribution in [3.63, 3.8) is 0 Å². The molecular formula is C44H57ClN4O2. The van der Waals surface area contributed by atoms with Crippen LogP contribution in [0.25, 0.3) is 0 Å². The quantitative estimate of drug-likeness (QED) is 0.155. The fourth-order valence-electron chi connectivity index (χ4n) is 3.04. The number of benzene rings is 4. The summed E-state index contributed by atoms with van der Waals surface area (Å²) < 4.78 is 451. The van der Waals surface area contributed by atoms with E-state index in [-0.39, 0.29) is 0 Å². The molecule has 51 heavy (non-hydrogen) atoms. The Morgan fingerprint density at radius 2 is 1.14 bits per heavy atom. The second-order valence-electron chi connectivity index (χ2n) is 8.07. The third-order valence-electron chi connectivity index (χ3n) is 5.01. The average Bonchev–Trinajstić information content (AvgIpc) is 0.656. The van der Waals surface area contributed by atoms with Gasteiger partial charge in [0.2, 0.25) is 11.8 Å². The zero-order valence-electron chi connectivity index (χ0n) is 81.0. The minimum atomic E-state index is -4.87. The van der Waals surface area contributed by atoms with Gasteiger partial charge in [-0.15, -0.1) is 11.6 Å². The Kier molecular flexibility index (Phi) is 3.96. The first-order valence-corrected chi connectivity index (χ1v) is 13.5. The molecule has 6 nitrogen and oxygen atoms in total. The van der Waals surface area contributed by atoms with E-state index in [4.69, 9.17) is 87.0 Å². The summed E-state index contributed by atoms with van der Waals surface area (Å²) in [5.41, 5.74) is -5.73. The zero-order valence-corrected chi connectivity index (χ0v) is 25.8. The molecule has 2 aliphatic rings. The molecule has 0 aromatic heterocycles. The van der Waals surface area contributed by atoms with Crippen LogP contribution in [0.1, 0.15) is 140 Å². The lowest BCUT2D eigenvalue weighted by atomic mass is 10.0. The third-order valence-corrected chi connectivity index (χ3v) is 5.11. The molecule has 2 amide bonds. The molecule has 1 N–H and O–H groups in total. The highest BCUT2D eigenvalue weighted by atomic mass is 35.5. The number of hydrogen-bond donors (Lipinski definition) is 1. The van der Waals surface area contributed by atoms with Crippen LogP contribution < -0.4 is 15.1 Å². The molecule has 4 aromatic carbocycles. The number of hydrogen-bond acceptors (Lipinski definition) is 4. The number of rotatable bonds is 11. The average molecular weight is 766 g/mol. The van der Waals surface area contributed by atoms with Gasteiger partial charge in [-0.25, -0.2) is 0 Å². The third kappa shape index (κ3) is 13.3. The number of carbonyl (C=O) groups excluding carboxylic acids is 2. The zero-order chi connectivity index (χ0) is 85.5. The smallest absolute Gasteiger partial charge is 0.226 e. The van der Waals surface area contributed by atoms with Crippen molar-refractivity contribution in [2.45, 2.75) is 76.7 Å². The highest BCUT2D eigenvalue weighted by Gasteiger charge is 2.28. The minimum absolute atomic E-state index is 0.667. The molecule has 2 heterocycles. The van der Waals surface area contributed by atoms with E-state index in [2.05, 4.69) is 0 Å².